The first-order valence-corrected chi connectivity index (χ1v) is 10.7. The number of anilines is 3. The summed E-state index contributed by atoms with van der Waals surface area (Å²) in [6.45, 7) is 1.88. The summed E-state index contributed by atoms with van der Waals surface area (Å²) < 4.78 is 0. The topological polar surface area (TPSA) is 78.5 Å². The van der Waals surface area contributed by atoms with E-state index < -0.39 is 5.25 Å². The second kappa shape index (κ2) is 9.06. The summed E-state index contributed by atoms with van der Waals surface area (Å²) in [4.78, 5) is 39.8. The Hall–Kier alpha value is -3.58. The van der Waals surface area contributed by atoms with Crippen LogP contribution in [0.3, 0.4) is 0 Å². The Kier molecular flexibility index (Phi) is 6.04. The molecule has 1 fully saturated rings. The molecule has 2 N–H and O–H groups in total. The van der Waals surface area contributed by atoms with Crippen LogP contribution in [0.2, 0.25) is 0 Å². The van der Waals surface area contributed by atoms with Crippen molar-refractivity contribution in [2.45, 2.75) is 23.5 Å². The summed E-state index contributed by atoms with van der Waals surface area (Å²) in [6, 6.07) is 23.4. The Balaban J connectivity index is 1.43. The molecule has 1 atom stereocenters. The minimum atomic E-state index is -0.500. The van der Waals surface area contributed by atoms with Gasteiger partial charge in [0.15, 0.2) is 0 Å². The number of hydrogen-bond donors (Lipinski definition) is 2. The molecular formula is C24H21N3O3S. The van der Waals surface area contributed by atoms with E-state index in [2.05, 4.69) is 10.6 Å². The molecular weight excluding hydrogens is 410 g/mol. The third-order valence-corrected chi connectivity index (χ3v) is 6.04. The molecule has 1 saturated heterocycles. The molecule has 0 aliphatic carbocycles. The summed E-state index contributed by atoms with van der Waals surface area (Å²) in [5.41, 5.74) is 2.81. The highest BCUT2D eigenvalue weighted by Crippen LogP contribution is 2.35. The minimum Gasteiger partial charge on any atom is -0.308 e. The van der Waals surface area contributed by atoms with Crippen LogP contribution in [0.1, 0.15) is 12.0 Å². The van der Waals surface area contributed by atoms with Crippen molar-refractivity contribution in [2.24, 2.45) is 0 Å². The number of imide groups is 1. The molecule has 0 aromatic heterocycles. The van der Waals surface area contributed by atoms with Gasteiger partial charge in [-0.3, -0.25) is 9.59 Å². The Bertz CT molecular complexity index is 1130. The molecule has 4 rings (SSSR count). The van der Waals surface area contributed by atoms with Gasteiger partial charge in [-0.15, -0.1) is 11.8 Å². The number of nitrogens with zero attached hydrogens (tertiary/aromatic N) is 1. The van der Waals surface area contributed by atoms with Crippen molar-refractivity contribution in [2.75, 3.05) is 15.5 Å². The van der Waals surface area contributed by atoms with E-state index in [-0.39, 0.29) is 24.3 Å². The zero-order chi connectivity index (χ0) is 21.8. The molecule has 1 aliphatic heterocycles. The number of amides is 4. The van der Waals surface area contributed by atoms with Crippen LogP contribution in [0, 0.1) is 6.92 Å². The molecule has 0 spiro atoms. The van der Waals surface area contributed by atoms with Crippen molar-refractivity contribution >= 4 is 46.7 Å². The molecule has 0 saturated carbocycles. The van der Waals surface area contributed by atoms with Crippen LogP contribution in [0.4, 0.5) is 21.9 Å². The van der Waals surface area contributed by atoms with Crippen LogP contribution < -0.4 is 15.5 Å². The third kappa shape index (κ3) is 4.78. The maximum absolute atomic E-state index is 12.9. The molecule has 1 aliphatic rings. The second-order valence-electron chi connectivity index (χ2n) is 7.14. The molecule has 0 bridgehead atoms. The number of aryl methyl sites for hydroxylation is 1. The van der Waals surface area contributed by atoms with Crippen LogP contribution in [0.25, 0.3) is 0 Å². The SMILES string of the molecule is Cc1ccccc1N1C(=O)C[C@@H](Sc2cccc(NC(=O)Nc3ccccc3)c2)C1=O. The van der Waals surface area contributed by atoms with E-state index in [1.807, 2.05) is 49.4 Å². The molecule has 0 unspecified atom stereocenters. The van der Waals surface area contributed by atoms with Crippen molar-refractivity contribution in [1.29, 1.82) is 0 Å². The van der Waals surface area contributed by atoms with Crippen molar-refractivity contribution in [3.63, 3.8) is 0 Å². The average Bonchev–Trinajstić information content (AvgIpc) is 3.02. The van der Waals surface area contributed by atoms with Crippen LogP contribution >= 0.6 is 11.8 Å². The van der Waals surface area contributed by atoms with Gasteiger partial charge in [-0.1, -0.05) is 42.5 Å². The summed E-state index contributed by atoms with van der Waals surface area (Å²) in [5, 5.41) is 5.06. The summed E-state index contributed by atoms with van der Waals surface area (Å²) >= 11 is 1.33. The smallest absolute Gasteiger partial charge is 0.308 e. The summed E-state index contributed by atoms with van der Waals surface area (Å²) in [6.07, 6.45) is 0.143. The van der Waals surface area contributed by atoms with Crippen LogP contribution in [-0.2, 0) is 9.59 Å². The lowest BCUT2D eigenvalue weighted by Crippen LogP contribution is -2.31. The van der Waals surface area contributed by atoms with E-state index in [0.717, 1.165) is 10.5 Å². The normalized spacial score (nSPS) is 15.8. The lowest BCUT2D eigenvalue weighted by atomic mass is 10.2. The van der Waals surface area contributed by atoms with E-state index in [1.165, 1.54) is 16.7 Å². The van der Waals surface area contributed by atoms with Crippen molar-refractivity contribution in [3.8, 4) is 0 Å². The first-order valence-electron chi connectivity index (χ1n) is 9.83. The number of nitrogens with one attached hydrogen (secondary N) is 2. The largest absolute Gasteiger partial charge is 0.323 e. The van der Waals surface area contributed by atoms with E-state index in [4.69, 9.17) is 0 Å². The quantitative estimate of drug-likeness (QED) is 0.553. The molecule has 6 nitrogen and oxygen atoms in total. The maximum atomic E-state index is 12.9. The number of urea groups is 1. The summed E-state index contributed by atoms with van der Waals surface area (Å²) in [5.74, 6) is -0.419. The van der Waals surface area contributed by atoms with Crippen LogP contribution in [0.15, 0.2) is 83.8 Å². The Labute approximate surface area is 184 Å². The zero-order valence-electron chi connectivity index (χ0n) is 16.9. The molecule has 1 heterocycles. The Morgan fingerprint density at radius 2 is 1.58 bits per heavy atom. The number of benzene rings is 3. The third-order valence-electron chi connectivity index (χ3n) is 4.86. The molecule has 4 amide bonds. The molecule has 3 aromatic rings. The van der Waals surface area contributed by atoms with Gasteiger partial charge in [-0.2, -0.15) is 0 Å². The minimum absolute atomic E-state index is 0.143. The number of thioether (sulfide) groups is 1. The van der Waals surface area contributed by atoms with Crippen LogP contribution in [-0.4, -0.2) is 23.1 Å². The van der Waals surface area contributed by atoms with Gasteiger partial charge >= 0.3 is 6.03 Å². The molecule has 0 radical (unpaired) electrons. The van der Waals surface area contributed by atoms with E-state index in [0.29, 0.717) is 17.1 Å². The molecule has 7 heteroatoms. The molecule has 31 heavy (non-hydrogen) atoms. The highest BCUT2D eigenvalue weighted by molar-refractivity contribution is 8.00. The van der Waals surface area contributed by atoms with Gasteiger partial charge in [0.2, 0.25) is 11.8 Å². The zero-order valence-corrected chi connectivity index (χ0v) is 17.7. The lowest BCUT2D eigenvalue weighted by molar-refractivity contribution is -0.121. The van der Waals surface area contributed by atoms with Gasteiger partial charge in [0.05, 0.1) is 10.9 Å². The van der Waals surface area contributed by atoms with Gasteiger partial charge in [0, 0.05) is 22.7 Å². The average molecular weight is 432 g/mol. The van der Waals surface area contributed by atoms with Gasteiger partial charge < -0.3 is 10.6 Å². The first-order chi connectivity index (χ1) is 15.0. The van der Waals surface area contributed by atoms with E-state index in [1.54, 1.807) is 36.4 Å². The monoisotopic (exact) mass is 431 g/mol. The van der Waals surface area contributed by atoms with Crippen molar-refractivity contribution in [3.05, 3.63) is 84.4 Å². The predicted octanol–water partition coefficient (Wildman–Crippen LogP) is 5.06. The van der Waals surface area contributed by atoms with Gasteiger partial charge in [-0.05, 0) is 48.9 Å². The number of para-hydroxylation sites is 2. The highest BCUT2D eigenvalue weighted by atomic mass is 32.2. The highest BCUT2D eigenvalue weighted by Gasteiger charge is 2.40. The van der Waals surface area contributed by atoms with E-state index >= 15 is 0 Å². The van der Waals surface area contributed by atoms with Gasteiger partial charge in [0.25, 0.3) is 0 Å². The Morgan fingerprint density at radius 1 is 0.903 bits per heavy atom. The standard InChI is InChI=1S/C24H21N3O3S/c1-16-8-5-6-13-20(16)27-22(28)15-21(23(27)29)31-19-12-7-11-18(14-19)26-24(30)25-17-9-3-2-4-10-17/h2-14,21H,15H2,1H3,(H2,25,26,30)/t21-/m1/s1. The van der Waals surface area contributed by atoms with Crippen LogP contribution in [0.5, 0.6) is 0 Å². The fraction of sp³-hybridized carbons (Fsp3) is 0.125. The molecule has 3 aromatic carbocycles. The molecule has 156 valence electrons. The Morgan fingerprint density at radius 3 is 2.35 bits per heavy atom. The fourth-order valence-corrected chi connectivity index (χ4v) is 4.50. The maximum Gasteiger partial charge on any atom is 0.323 e. The van der Waals surface area contributed by atoms with E-state index in [9.17, 15) is 14.4 Å². The van der Waals surface area contributed by atoms with Gasteiger partial charge in [0.1, 0.15) is 0 Å². The number of carbonyl (C=O) groups is 3. The predicted molar refractivity (Wildman–Crippen MR) is 123 cm³/mol. The lowest BCUT2D eigenvalue weighted by Gasteiger charge is -2.17. The summed E-state index contributed by atoms with van der Waals surface area (Å²) in [7, 11) is 0. The van der Waals surface area contributed by atoms with Crippen molar-refractivity contribution < 1.29 is 14.4 Å². The second-order valence-corrected chi connectivity index (χ2v) is 8.41. The number of hydrogen-bond acceptors (Lipinski definition) is 4. The number of rotatable bonds is 5. The van der Waals surface area contributed by atoms with Crippen molar-refractivity contribution in [1.82, 2.24) is 0 Å². The number of carbonyl (C=O) groups excluding carboxylic acids is 3. The first kappa shape index (κ1) is 20.7. The fourth-order valence-electron chi connectivity index (χ4n) is 3.39. The van der Waals surface area contributed by atoms with Gasteiger partial charge in [-0.25, -0.2) is 9.69 Å².